The highest BCUT2D eigenvalue weighted by Gasteiger charge is 2.24. The van der Waals surface area contributed by atoms with Crippen LogP contribution in [-0.4, -0.2) is 38.3 Å². The second kappa shape index (κ2) is 10.5. The van der Waals surface area contributed by atoms with Crippen molar-refractivity contribution in [3.63, 3.8) is 0 Å². The maximum absolute atomic E-state index is 10.7. The van der Waals surface area contributed by atoms with E-state index in [-0.39, 0.29) is 25.4 Å². The summed E-state index contributed by atoms with van der Waals surface area (Å²) in [5, 5.41) is 0. The minimum Gasteiger partial charge on any atom is -0.459 e. The SMILES string of the molecule is C=C(C)C(=O)OCC1CO1.C=CC(=O)NOC.[CH3]. The predicted molar refractivity (Wildman–Crippen MR) is 67.3 cm³/mol. The lowest BCUT2D eigenvalue weighted by Crippen LogP contribution is -2.18. The Morgan fingerprint density at radius 3 is 2.39 bits per heavy atom. The zero-order chi connectivity index (χ0) is 13.3. The van der Waals surface area contributed by atoms with Gasteiger partial charge in [-0.3, -0.25) is 9.63 Å². The largest absolute Gasteiger partial charge is 0.459 e. The molecule has 0 aromatic rings. The Balaban J connectivity index is 0. The van der Waals surface area contributed by atoms with E-state index in [0.717, 1.165) is 6.08 Å². The second-order valence-electron chi connectivity index (χ2n) is 3.21. The van der Waals surface area contributed by atoms with E-state index in [1.165, 1.54) is 7.11 Å². The minimum absolute atomic E-state index is 0. The molecule has 0 aliphatic carbocycles. The monoisotopic (exact) mass is 258 g/mol. The lowest BCUT2D eigenvalue weighted by molar-refractivity contribution is -0.139. The van der Waals surface area contributed by atoms with Crippen LogP contribution in [0.2, 0.25) is 0 Å². The number of epoxide rings is 1. The first-order valence-corrected chi connectivity index (χ1v) is 4.90. The van der Waals surface area contributed by atoms with Crippen LogP contribution < -0.4 is 5.48 Å². The van der Waals surface area contributed by atoms with Crippen LogP contribution in [0.15, 0.2) is 24.8 Å². The summed E-state index contributed by atoms with van der Waals surface area (Å²) >= 11 is 0. The van der Waals surface area contributed by atoms with Gasteiger partial charge < -0.3 is 9.47 Å². The van der Waals surface area contributed by atoms with E-state index >= 15 is 0 Å². The zero-order valence-electron chi connectivity index (χ0n) is 11.0. The van der Waals surface area contributed by atoms with Gasteiger partial charge in [-0.15, -0.1) is 0 Å². The van der Waals surface area contributed by atoms with Gasteiger partial charge in [-0.25, -0.2) is 10.3 Å². The fourth-order valence-electron chi connectivity index (χ4n) is 0.598. The number of hydroxylamine groups is 1. The van der Waals surface area contributed by atoms with Gasteiger partial charge in [0.1, 0.15) is 12.7 Å². The summed E-state index contributed by atoms with van der Waals surface area (Å²) < 4.78 is 9.60. The van der Waals surface area contributed by atoms with Crippen LogP contribution in [0.4, 0.5) is 0 Å². The van der Waals surface area contributed by atoms with Gasteiger partial charge in [0.25, 0.3) is 5.91 Å². The molecule has 1 radical (unpaired) electrons. The number of hydrogen-bond donors (Lipinski definition) is 1. The van der Waals surface area contributed by atoms with Crippen LogP contribution in [0.3, 0.4) is 0 Å². The number of amides is 1. The molecule has 6 heteroatoms. The van der Waals surface area contributed by atoms with Gasteiger partial charge >= 0.3 is 5.97 Å². The Hall–Kier alpha value is -1.66. The fraction of sp³-hybridized carbons (Fsp3) is 0.417. The summed E-state index contributed by atoms with van der Waals surface area (Å²) in [4.78, 5) is 25.0. The quantitative estimate of drug-likeness (QED) is 0.342. The highest BCUT2D eigenvalue weighted by molar-refractivity contribution is 5.87. The number of esters is 1. The summed E-state index contributed by atoms with van der Waals surface area (Å²) in [5.74, 6) is -0.669. The van der Waals surface area contributed by atoms with Crippen LogP contribution in [0.25, 0.3) is 0 Å². The maximum Gasteiger partial charge on any atom is 0.333 e. The Labute approximate surface area is 108 Å². The van der Waals surface area contributed by atoms with Gasteiger partial charge in [0.2, 0.25) is 0 Å². The van der Waals surface area contributed by atoms with Crippen LogP contribution in [0.5, 0.6) is 0 Å². The summed E-state index contributed by atoms with van der Waals surface area (Å²) in [7, 11) is 1.36. The van der Waals surface area contributed by atoms with Gasteiger partial charge in [0, 0.05) is 5.57 Å². The molecule has 0 bridgehead atoms. The molecule has 1 unspecified atom stereocenters. The van der Waals surface area contributed by atoms with Crippen LogP contribution in [0.1, 0.15) is 6.92 Å². The van der Waals surface area contributed by atoms with Crippen molar-refractivity contribution in [2.45, 2.75) is 13.0 Å². The van der Waals surface area contributed by atoms with Crippen LogP contribution >= 0.6 is 0 Å². The predicted octanol–water partition coefficient (Wildman–Crippen LogP) is 0.805. The molecule has 0 aromatic carbocycles. The topological polar surface area (TPSA) is 77.2 Å². The van der Waals surface area contributed by atoms with Crippen molar-refractivity contribution in [1.82, 2.24) is 5.48 Å². The lowest BCUT2D eigenvalue weighted by Gasteiger charge is -1.99. The summed E-state index contributed by atoms with van der Waals surface area (Å²) in [6, 6.07) is 0. The maximum atomic E-state index is 10.7. The molecule has 1 rings (SSSR count). The number of ether oxygens (including phenoxy) is 2. The Morgan fingerprint density at radius 2 is 2.11 bits per heavy atom. The summed E-state index contributed by atoms with van der Waals surface area (Å²) in [6.07, 6.45) is 1.27. The molecule has 1 atom stereocenters. The minimum atomic E-state index is -0.337. The molecule has 0 saturated carbocycles. The van der Waals surface area contributed by atoms with Gasteiger partial charge in [-0.1, -0.05) is 20.6 Å². The molecule has 1 N–H and O–H groups in total. The average molecular weight is 258 g/mol. The molecular formula is C12H20NO5. The first kappa shape index (κ1) is 18.7. The number of carbonyl (C=O) groups is 2. The third-order valence-electron chi connectivity index (χ3n) is 1.54. The van der Waals surface area contributed by atoms with Crippen LogP contribution in [-0.2, 0) is 23.9 Å². The third kappa shape index (κ3) is 10.8. The van der Waals surface area contributed by atoms with E-state index < -0.39 is 0 Å². The van der Waals surface area contributed by atoms with Gasteiger partial charge in [-0.2, -0.15) is 0 Å². The van der Waals surface area contributed by atoms with Crippen molar-refractivity contribution in [2.24, 2.45) is 0 Å². The molecular weight excluding hydrogens is 238 g/mol. The number of hydrogen-bond acceptors (Lipinski definition) is 5. The van der Waals surface area contributed by atoms with Crippen molar-refractivity contribution in [2.75, 3.05) is 20.3 Å². The molecule has 1 aliphatic rings. The molecule has 0 aromatic heterocycles. The standard InChI is InChI=1S/C7H10O3.C4H7NO2.CH3/c1-5(2)7(8)10-4-6-3-9-6;1-3-4(6)5-7-2;/h6H,1,3-4H2,2H3;3H,1H2,2H3,(H,5,6);1H3. The lowest BCUT2D eigenvalue weighted by atomic mass is 10.4. The van der Waals surface area contributed by atoms with Gasteiger partial charge in [0.15, 0.2) is 0 Å². The molecule has 1 fully saturated rings. The number of nitrogens with one attached hydrogen (secondary N) is 1. The fourth-order valence-corrected chi connectivity index (χ4v) is 0.598. The van der Waals surface area contributed by atoms with Crippen molar-refractivity contribution >= 4 is 11.9 Å². The van der Waals surface area contributed by atoms with E-state index in [9.17, 15) is 9.59 Å². The molecule has 6 nitrogen and oxygen atoms in total. The third-order valence-corrected chi connectivity index (χ3v) is 1.54. The Kier molecular flexibility index (Phi) is 10.9. The van der Waals surface area contributed by atoms with E-state index in [1.54, 1.807) is 6.92 Å². The van der Waals surface area contributed by atoms with Crippen molar-refractivity contribution in [3.8, 4) is 0 Å². The molecule has 0 spiro atoms. The Bertz CT molecular complexity index is 297. The van der Waals surface area contributed by atoms with Crippen LogP contribution in [0, 0.1) is 7.43 Å². The van der Waals surface area contributed by atoms with E-state index in [1.807, 2.05) is 5.48 Å². The normalized spacial score (nSPS) is 15.1. The molecule has 18 heavy (non-hydrogen) atoms. The first-order valence-electron chi connectivity index (χ1n) is 4.90. The van der Waals surface area contributed by atoms with Gasteiger partial charge in [0.05, 0.1) is 13.7 Å². The van der Waals surface area contributed by atoms with Crippen molar-refractivity contribution < 1.29 is 23.9 Å². The molecule has 1 saturated heterocycles. The number of carbonyl (C=O) groups excluding carboxylic acids is 2. The highest BCUT2D eigenvalue weighted by Crippen LogP contribution is 2.09. The van der Waals surface area contributed by atoms with E-state index in [0.29, 0.717) is 18.8 Å². The van der Waals surface area contributed by atoms with E-state index in [2.05, 4.69) is 18.0 Å². The average Bonchev–Trinajstić information content (AvgIpc) is 3.10. The van der Waals surface area contributed by atoms with Crippen molar-refractivity contribution in [1.29, 1.82) is 0 Å². The summed E-state index contributed by atoms with van der Waals surface area (Å²) in [5.41, 5.74) is 2.47. The summed E-state index contributed by atoms with van der Waals surface area (Å²) in [6.45, 7) is 9.32. The molecule has 103 valence electrons. The molecule has 1 amide bonds. The molecule has 1 heterocycles. The van der Waals surface area contributed by atoms with Crippen molar-refractivity contribution in [3.05, 3.63) is 32.2 Å². The molecule has 1 aliphatic heterocycles. The smallest absolute Gasteiger partial charge is 0.333 e. The highest BCUT2D eigenvalue weighted by atomic mass is 16.6. The number of rotatable bonds is 5. The first-order chi connectivity index (χ1) is 8.01. The Morgan fingerprint density at radius 1 is 1.56 bits per heavy atom. The zero-order valence-corrected chi connectivity index (χ0v) is 11.0. The van der Waals surface area contributed by atoms with E-state index in [4.69, 9.17) is 9.47 Å². The van der Waals surface area contributed by atoms with Gasteiger partial charge in [-0.05, 0) is 13.0 Å². The second-order valence-corrected chi connectivity index (χ2v) is 3.21.